The zero-order chi connectivity index (χ0) is 13.7. The lowest BCUT2D eigenvalue weighted by molar-refractivity contribution is 0.625. The van der Waals surface area contributed by atoms with Crippen LogP contribution in [0.25, 0.3) is 21.8 Å². The van der Waals surface area contributed by atoms with Crippen LogP contribution in [0.3, 0.4) is 0 Å². The molecule has 0 spiro atoms. The van der Waals surface area contributed by atoms with Gasteiger partial charge in [0.1, 0.15) is 0 Å². The SMILES string of the molecule is CNCC1(c2ccc3c(c2)c2cnccc2n3C)CC1. The zero-order valence-electron chi connectivity index (χ0n) is 12.0. The predicted octanol–water partition coefficient (Wildman–Crippen LogP) is 2.98. The highest BCUT2D eigenvalue weighted by Crippen LogP contribution is 2.48. The molecule has 2 aromatic heterocycles. The molecule has 0 aliphatic heterocycles. The van der Waals surface area contributed by atoms with E-state index >= 15 is 0 Å². The van der Waals surface area contributed by atoms with Gasteiger partial charge in [0.25, 0.3) is 0 Å². The Morgan fingerprint density at radius 1 is 1.20 bits per heavy atom. The number of benzene rings is 1. The lowest BCUT2D eigenvalue weighted by atomic mass is 9.94. The summed E-state index contributed by atoms with van der Waals surface area (Å²) in [4.78, 5) is 4.29. The molecule has 102 valence electrons. The molecule has 1 fully saturated rings. The van der Waals surface area contributed by atoms with Crippen LogP contribution in [0, 0.1) is 0 Å². The molecule has 1 aliphatic carbocycles. The Hall–Kier alpha value is -1.87. The molecule has 0 atom stereocenters. The lowest BCUT2D eigenvalue weighted by Crippen LogP contribution is -2.23. The van der Waals surface area contributed by atoms with Gasteiger partial charge in [-0.3, -0.25) is 4.98 Å². The van der Waals surface area contributed by atoms with Crippen molar-refractivity contribution >= 4 is 21.8 Å². The van der Waals surface area contributed by atoms with Crippen LogP contribution in [0.2, 0.25) is 0 Å². The Kier molecular flexibility index (Phi) is 2.42. The van der Waals surface area contributed by atoms with Crippen molar-refractivity contribution in [2.75, 3.05) is 13.6 Å². The predicted molar refractivity (Wildman–Crippen MR) is 83.1 cm³/mol. The van der Waals surface area contributed by atoms with Crippen LogP contribution >= 0.6 is 0 Å². The second kappa shape index (κ2) is 4.06. The number of likely N-dealkylation sites (N-methyl/N-ethyl adjacent to an activating group) is 1. The molecule has 0 bridgehead atoms. The van der Waals surface area contributed by atoms with Crippen LogP contribution in [0.4, 0.5) is 0 Å². The molecule has 3 nitrogen and oxygen atoms in total. The van der Waals surface area contributed by atoms with Gasteiger partial charge < -0.3 is 9.88 Å². The second-order valence-electron chi connectivity index (χ2n) is 5.99. The van der Waals surface area contributed by atoms with Crippen molar-refractivity contribution in [2.45, 2.75) is 18.3 Å². The Balaban J connectivity index is 1.97. The fourth-order valence-corrected chi connectivity index (χ4v) is 3.45. The van der Waals surface area contributed by atoms with E-state index in [4.69, 9.17) is 0 Å². The van der Waals surface area contributed by atoms with Crippen molar-refractivity contribution in [3.8, 4) is 0 Å². The molecule has 3 heteroatoms. The minimum Gasteiger partial charge on any atom is -0.344 e. The van der Waals surface area contributed by atoms with Crippen LogP contribution in [0.5, 0.6) is 0 Å². The molecule has 0 amide bonds. The normalized spacial score (nSPS) is 16.9. The molecule has 1 saturated carbocycles. The summed E-state index contributed by atoms with van der Waals surface area (Å²) in [7, 11) is 4.17. The van der Waals surface area contributed by atoms with E-state index in [1.165, 1.54) is 40.2 Å². The Bertz CT molecular complexity index is 796. The van der Waals surface area contributed by atoms with Crippen molar-refractivity contribution in [1.82, 2.24) is 14.9 Å². The highest BCUT2D eigenvalue weighted by Gasteiger charge is 2.43. The van der Waals surface area contributed by atoms with E-state index < -0.39 is 0 Å². The van der Waals surface area contributed by atoms with E-state index in [0.29, 0.717) is 5.41 Å². The molecule has 20 heavy (non-hydrogen) atoms. The molecular weight excluding hydrogens is 246 g/mol. The van der Waals surface area contributed by atoms with Crippen molar-refractivity contribution in [3.63, 3.8) is 0 Å². The molecule has 1 aliphatic rings. The number of hydrogen-bond acceptors (Lipinski definition) is 2. The standard InChI is InChI=1S/C17H19N3/c1-18-11-17(6-7-17)12-3-4-15-13(9-12)14-10-19-8-5-16(14)20(15)2/h3-5,8-10,18H,6-7,11H2,1-2H3. The van der Waals surface area contributed by atoms with Gasteiger partial charge in [-0.1, -0.05) is 6.07 Å². The van der Waals surface area contributed by atoms with Crippen molar-refractivity contribution in [2.24, 2.45) is 7.05 Å². The van der Waals surface area contributed by atoms with Gasteiger partial charge in [0.15, 0.2) is 0 Å². The van der Waals surface area contributed by atoms with E-state index in [1.54, 1.807) is 0 Å². The van der Waals surface area contributed by atoms with E-state index in [9.17, 15) is 0 Å². The van der Waals surface area contributed by atoms with Crippen molar-refractivity contribution in [3.05, 3.63) is 42.2 Å². The van der Waals surface area contributed by atoms with Gasteiger partial charge >= 0.3 is 0 Å². The van der Waals surface area contributed by atoms with Crippen LogP contribution in [0.1, 0.15) is 18.4 Å². The van der Waals surface area contributed by atoms with Gasteiger partial charge in [-0.05, 0) is 43.7 Å². The summed E-state index contributed by atoms with van der Waals surface area (Å²) in [6.07, 6.45) is 6.44. The van der Waals surface area contributed by atoms with Crippen LogP contribution in [0.15, 0.2) is 36.7 Å². The molecule has 4 rings (SSSR count). The number of aryl methyl sites for hydroxylation is 1. The largest absolute Gasteiger partial charge is 0.344 e. The van der Waals surface area contributed by atoms with Gasteiger partial charge in [0.05, 0.1) is 5.52 Å². The van der Waals surface area contributed by atoms with Gasteiger partial charge in [-0.15, -0.1) is 0 Å². The highest BCUT2D eigenvalue weighted by atomic mass is 14.9. The number of nitrogens with one attached hydrogen (secondary N) is 1. The maximum Gasteiger partial charge on any atom is 0.0519 e. The van der Waals surface area contributed by atoms with Gasteiger partial charge in [-0.2, -0.15) is 0 Å². The number of fused-ring (bicyclic) bond motifs is 3. The Morgan fingerprint density at radius 3 is 2.75 bits per heavy atom. The minimum absolute atomic E-state index is 0.368. The molecule has 0 radical (unpaired) electrons. The van der Waals surface area contributed by atoms with Gasteiger partial charge in [-0.25, -0.2) is 0 Å². The van der Waals surface area contributed by atoms with E-state index in [0.717, 1.165) is 6.54 Å². The quantitative estimate of drug-likeness (QED) is 0.789. The number of nitrogens with zero attached hydrogens (tertiary/aromatic N) is 2. The fraction of sp³-hybridized carbons (Fsp3) is 0.353. The van der Waals surface area contributed by atoms with Crippen LogP contribution in [-0.4, -0.2) is 23.1 Å². The summed E-state index contributed by atoms with van der Waals surface area (Å²) < 4.78 is 2.26. The van der Waals surface area contributed by atoms with Crippen molar-refractivity contribution < 1.29 is 0 Å². The van der Waals surface area contributed by atoms with Crippen LogP contribution < -0.4 is 5.32 Å². The third-order valence-corrected chi connectivity index (χ3v) is 4.79. The van der Waals surface area contributed by atoms with Gasteiger partial charge in [0, 0.05) is 47.7 Å². The van der Waals surface area contributed by atoms with Crippen LogP contribution in [-0.2, 0) is 12.5 Å². The maximum absolute atomic E-state index is 4.29. The summed E-state index contributed by atoms with van der Waals surface area (Å²) in [5, 5.41) is 5.93. The molecule has 3 aromatic rings. The summed E-state index contributed by atoms with van der Waals surface area (Å²) in [6.45, 7) is 1.07. The Labute approximate surface area is 118 Å². The molecular formula is C17H19N3. The fourth-order valence-electron chi connectivity index (χ4n) is 3.45. The van der Waals surface area contributed by atoms with E-state index in [-0.39, 0.29) is 0 Å². The summed E-state index contributed by atoms with van der Waals surface area (Å²) in [5.74, 6) is 0. The van der Waals surface area contributed by atoms with Crippen molar-refractivity contribution in [1.29, 1.82) is 0 Å². The topological polar surface area (TPSA) is 29.9 Å². The first-order valence-corrected chi connectivity index (χ1v) is 7.22. The molecule has 0 unspecified atom stereocenters. The number of aromatic nitrogens is 2. The first kappa shape index (κ1) is 11.9. The third kappa shape index (κ3) is 1.53. The second-order valence-corrected chi connectivity index (χ2v) is 5.99. The number of hydrogen-bond donors (Lipinski definition) is 1. The summed E-state index contributed by atoms with van der Waals surface area (Å²) in [6, 6.07) is 9.04. The third-order valence-electron chi connectivity index (χ3n) is 4.79. The first-order valence-electron chi connectivity index (χ1n) is 7.22. The van der Waals surface area contributed by atoms with Gasteiger partial charge in [0.2, 0.25) is 0 Å². The molecule has 1 aromatic carbocycles. The average molecular weight is 265 g/mol. The lowest BCUT2D eigenvalue weighted by Gasteiger charge is -2.15. The number of rotatable bonds is 3. The smallest absolute Gasteiger partial charge is 0.0519 e. The average Bonchev–Trinajstić information content (AvgIpc) is 3.22. The molecule has 0 saturated heterocycles. The maximum atomic E-state index is 4.29. The summed E-state index contributed by atoms with van der Waals surface area (Å²) >= 11 is 0. The minimum atomic E-state index is 0.368. The van der Waals surface area contributed by atoms with E-state index in [1.807, 2.05) is 19.4 Å². The summed E-state index contributed by atoms with van der Waals surface area (Å²) in [5.41, 5.74) is 4.38. The number of pyridine rings is 1. The monoisotopic (exact) mass is 265 g/mol. The molecule has 1 N–H and O–H groups in total. The molecule has 2 heterocycles. The zero-order valence-corrected chi connectivity index (χ0v) is 12.0. The first-order chi connectivity index (χ1) is 9.75. The van der Waals surface area contributed by atoms with E-state index in [2.05, 4.69) is 46.2 Å². The Morgan fingerprint density at radius 2 is 2.00 bits per heavy atom. The highest BCUT2D eigenvalue weighted by molar-refractivity contribution is 6.07.